The maximum absolute atomic E-state index is 12.6. The van der Waals surface area contributed by atoms with Crippen LogP contribution in [0.1, 0.15) is 41.6 Å². The van der Waals surface area contributed by atoms with Crippen LogP contribution in [0, 0.1) is 0 Å². The van der Waals surface area contributed by atoms with Gasteiger partial charge in [-0.25, -0.2) is 0 Å². The molecule has 29 heavy (non-hydrogen) atoms. The van der Waals surface area contributed by atoms with Crippen molar-refractivity contribution in [3.8, 4) is 5.75 Å². The van der Waals surface area contributed by atoms with Crippen molar-refractivity contribution >= 4 is 23.4 Å². The SMILES string of the molecule is COc1ccccc1CNC(=O)C(=O)Nc1ccccc1C(=O)NC1CCCC1. The molecule has 0 aromatic heterocycles. The summed E-state index contributed by atoms with van der Waals surface area (Å²) in [5.74, 6) is -1.24. The molecule has 1 fully saturated rings. The molecule has 152 valence electrons. The summed E-state index contributed by atoms with van der Waals surface area (Å²) in [4.78, 5) is 37.1. The van der Waals surface area contributed by atoms with E-state index in [-0.39, 0.29) is 18.5 Å². The summed E-state index contributed by atoms with van der Waals surface area (Å²) in [6.07, 6.45) is 4.14. The van der Waals surface area contributed by atoms with E-state index in [2.05, 4.69) is 16.0 Å². The van der Waals surface area contributed by atoms with Crippen molar-refractivity contribution in [2.24, 2.45) is 0 Å². The molecule has 1 aliphatic carbocycles. The molecule has 0 atom stereocenters. The minimum atomic E-state index is -0.832. The standard InChI is InChI=1S/C22H25N3O4/c1-29-19-13-7-2-8-15(19)14-23-21(27)22(28)25-18-12-6-5-11-17(18)20(26)24-16-9-3-4-10-16/h2,5-8,11-13,16H,3-4,9-10,14H2,1H3,(H,23,27)(H,24,26)(H,25,28). The van der Waals surface area contributed by atoms with Crippen LogP contribution < -0.4 is 20.7 Å². The summed E-state index contributed by atoms with van der Waals surface area (Å²) in [5.41, 5.74) is 1.40. The lowest BCUT2D eigenvalue weighted by Gasteiger charge is -2.15. The molecule has 0 spiro atoms. The molecule has 3 amide bonds. The van der Waals surface area contributed by atoms with Crippen molar-refractivity contribution in [3.63, 3.8) is 0 Å². The summed E-state index contributed by atoms with van der Waals surface area (Å²) >= 11 is 0. The van der Waals surface area contributed by atoms with Crippen molar-refractivity contribution < 1.29 is 19.1 Å². The predicted octanol–water partition coefficient (Wildman–Crippen LogP) is 2.62. The van der Waals surface area contributed by atoms with Gasteiger partial charge < -0.3 is 20.7 Å². The largest absolute Gasteiger partial charge is 0.496 e. The number of hydrogen-bond donors (Lipinski definition) is 3. The molecule has 7 heteroatoms. The zero-order chi connectivity index (χ0) is 20.6. The van der Waals surface area contributed by atoms with Gasteiger partial charge in [-0.3, -0.25) is 14.4 Å². The molecule has 0 saturated heterocycles. The van der Waals surface area contributed by atoms with Gasteiger partial charge in [-0.2, -0.15) is 0 Å². The molecule has 0 unspecified atom stereocenters. The van der Waals surface area contributed by atoms with Gasteiger partial charge in [0, 0.05) is 18.2 Å². The molecule has 2 aromatic rings. The van der Waals surface area contributed by atoms with Crippen molar-refractivity contribution in [3.05, 3.63) is 59.7 Å². The van der Waals surface area contributed by atoms with Gasteiger partial charge in [0.15, 0.2) is 0 Å². The normalized spacial score (nSPS) is 13.6. The first-order valence-electron chi connectivity index (χ1n) is 9.69. The van der Waals surface area contributed by atoms with Crippen LogP contribution in [0.3, 0.4) is 0 Å². The monoisotopic (exact) mass is 395 g/mol. The van der Waals surface area contributed by atoms with Gasteiger partial charge in [-0.05, 0) is 31.0 Å². The topological polar surface area (TPSA) is 96.5 Å². The van der Waals surface area contributed by atoms with Crippen LogP contribution in [0.2, 0.25) is 0 Å². The number of benzene rings is 2. The Hall–Kier alpha value is -3.35. The van der Waals surface area contributed by atoms with E-state index >= 15 is 0 Å². The molecule has 7 nitrogen and oxygen atoms in total. The summed E-state index contributed by atoms with van der Waals surface area (Å²) in [6.45, 7) is 0.153. The summed E-state index contributed by atoms with van der Waals surface area (Å²) in [6, 6.07) is 14.1. The molecule has 1 aliphatic rings. The highest BCUT2D eigenvalue weighted by molar-refractivity contribution is 6.40. The molecule has 1 saturated carbocycles. The Labute approximate surface area is 169 Å². The van der Waals surface area contributed by atoms with Crippen LogP contribution in [0.15, 0.2) is 48.5 Å². The van der Waals surface area contributed by atoms with Gasteiger partial charge in [-0.1, -0.05) is 43.2 Å². The van der Waals surface area contributed by atoms with Gasteiger partial charge in [0.05, 0.1) is 18.4 Å². The first kappa shape index (κ1) is 20.4. The minimum absolute atomic E-state index is 0.153. The summed E-state index contributed by atoms with van der Waals surface area (Å²) in [7, 11) is 1.54. The Morgan fingerprint density at radius 1 is 0.966 bits per heavy atom. The van der Waals surface area contributed by atoms with Crippen molar-refractivity contribution in [1.29, 1.82) is 0 Å². The molecular weight excluding hydrogens is 370 g/mol. The van der Waals surface area contributed by atoms with Gasteiger partial charge >= 0.3 is 11.8 Å². The highest BCUT2D eigenvalue weighted by atomic mass is 16.5. The molecule has 0 heterocycles. The van der Waals surface area contributed by atoms with Crippen LogP contribution in [-0.4, -0.2) is 30.9 Å². The number of anilines is 1. The van der Waals surface area contributed by atoms with E-state index < -0.39 is 11.8 Å². The molecule has 3 N–H and O–H groups in total. The van der Waals surface area contributed by atoms with Crippen molar-refractivity contribution in [2.75, 3.05) is 12.4 Å². The molecule has 0 bridgehead atoms. The lowest BCUT2D eigenvalue weighted by Crippen LogP contribution is -2.36. The Balaban J connectivity index is 1.61. The number of hydrogen-bond acceptors (Lipinski definition) is 4. The second kappa shape index (κ2) is 9.73. The number of carbonyl (C=O) groups excluding carboxylic acids is 3. The van der Waals surface area contributed by atoms with E-state index in [9.17, 15) is 14.4 Å². The maximum atomic E-state index is 12.6. The Morgan fingerprint density at radius 2 is 1.66 bits per heavy atom. The van der Waals surface area contributed by atoms with Gasteiger partial charge in [0.1, 0.15) is 5.75 Å². The van der Waals surface area contributed by atoms with Crippen LogP contribution in [0.4, 0.5) is 5.69 Å². The van der Waals surface area contributed by atoms with Crippen molar-refractivity contribution in [1.82, 2.24) is 10.6 Å². The quantitative estimate of drug-likeness (QED) is 0.655. The van der Waals surface area contributed by atoms with Gasteiger partial charge in [0.25, 0.3) is 5.91 Å². The maximum Gasteiger partial charge on any atom is 0.313 e. The average Bonchev–Trinajstić information content (AvgIpc) is 3.25. The van der Waals surface area contributed by atoms with Gasteiger partial charge in [-0.15, -0.1) is 0 Å². The highest BCUT2D eigenvalue weighted by Gasteiger charge is 2.21. The number of para-hydroxylation sites is 2. The fraction of sp³-hybridized carbons (Fsp3) is 0.318. The fourth-order valence-corrected chi connectivity index (χ4v) is 3.41. The zero-order valence-electron chi connectivity index (χ0n) is 16.4. The van der Waals surface area contributed by atoms with E-state index in [4.69, 9.17) is 4.74 Å². The number of ether oxygens (including phenoxy) is 1. The zero-order valence-corrected chi connectivity index (χ0v) is 16.4. The number of nitrogens with one attached hydrogen (secondary N) is 3. The third-order valence-electron chi connectivity index (χ3n) is 4.95. The third kappa shape index (κ3) is 5.34. The Bertz CT molecular complexity index is 891. The third-order valence-corrected chi connectivity index (χ3v) is 4.95. The van der Waals surface area contributed by atoms with Crippen molar-refractivity contribution in [2.45, 2.75) is 38.3 Å². The summed E-state index contributed by atoms with van der Waals surface area (Å²) < 4.78 is 5.23. The summed E-state index contributed by atoms with van der Waals surface area (Å²) in [5, 5.41) is 8.10. The average molecular weight is 395 g/mol. The number of rotatable bonds is 6. The fourth-order valence-electron chi connectivity index (χ4n) is 3.41. The molecule has 0 radical (unpaired) electrons. The second-order valence-electron chi connectivity index (χ2n) is 6.95. The Morgan fingerprint density at radius 3 is 2.41 bits per heavy atom. The second-order valence-corrected chi connectivity index (χ2v) is 6.95. The first-order chi connectivity index (χ1) is 14.1. The number of carbonyl (C=O) groups is 3. The lowest BCUT2D eigenvalue weighted by molar-refractivity contribution is -0.136. The minimum Gasteiger partial charge on any atom is -0.496 e. The van der Waals surface area contributed by atoms with Crippen LogP contribution in [0.5, 0.6) is 5.75 Å². The smallest absolute Gasteiger partial charge is 0.313 e. The number of amides is 3. The van der Waals surface area contributed by atoms with E-state index in [1.807, 2.05) is 12.1 Å². The van der Waals surface area contributed by atoms with Gasteiger partial charge in [0.2, 0.25) is 0 Å². The molecular formula is C22H25N3O4. The van der Waals surface area contributed by atoms with Crippen LogP contribution >= 0.6 is 0 Å². The van der Waals surface area contributed by atoms with E-state index in [0.717, 1.165) is 31.2 Å². The number of methoxy groups -OCH3 is 1. The lowest BCUT2D eigenvalue weighted by atomic mass is 10.1. The van der Waals surface area contributed by atoms with E-state index in [1.165, 1.54) is 0 Å². The molecule has 2 aromatic carbocycles. The highest BCUT2D eigenvalue weighted by Crippen LogP contribution is 2.20. The van der Waals surface area contributed by atoms with Crippen LogP contribution in [-0.2, 0) is 16.1 Å². The molecule has 3 rings (SSSR count). The van der Waals surface area contributed by atoms with E-state index in [0.29, 0.717) is 17.0 Å². The predicted molar refractivity (Wildman–Crippen MR) is 110 cm³/mol. The van der Waals surface area contributed by atoms with E-state index in [1.54, 1.807) is 43.5 Å². The Kier molecular flexibility index (Phi) is 6.84. The first-order valence-corrected chi connectivity index (χ1v) is 9.69. The van der Waals surface area contributed by atoms with Crippen LogP contribution in [0.25, 0.3) is 0 Å². The molecule has 0 aliphatic heterocycles.